The van der Waals surface area contributed by atoms with Crippen LogP contribution < -0.4 is 5.32 Å². The topological polar surface area (TPSA) is 12.0 Å². The fourth-order valence-corrected chi connectivity index (χ4v) is 1.40. The van der Waals surface area contributed by atoms with Crippen molar-refractivity contribution in [1.29, 1.82) is 0 Å². The van der Waals surface area contributed by atoms with Gasteiger partial charge in [0.15, 0.2) is 0 Å². The van der Waals surface area contributed by atoms with Crippen LogP contribution in [0.1, 0.15) is 23.6 Å². The van der Waals surface area contributed by atoms with Crippen molar-refractivity contribution in [3.8, 4) is 0 Å². The molecule has 0 fully saturated rings. The average Bonchev–Trinajstić information content (AvgIpc) is 2.16. The molecule has 0 aliphatic carbocycles. The number of aryl methyl sites for hydroxylation is 2. The lowest BCUT2D eigenvalue weighted by molar-refractivity contribution is 0.632. The summed E-state index contributed by atoms with van der Waals surface area (Å²) in [6.07, 6.45) is 1.92. The van der Waals surface area contributed by atoms with E-state index in [2.05, 4.69) is 50.9 Å². The van der Waals surface area contributed by atoms with Crippen molar-refractivity contribution < 1.29 is 0 Å². The number of hydrogen-bond donors (Lipinski definition) is 1. The van der Waals surface area contributed by atoms with E-state index in [-0.39, 0.29) is 0 Å². The zero-order valence-corrected chi connectivity index (χ0v) is 9.30. The SMILES string of the molecule is C=CC(C)NCc1ccc(C)cc1C. The molecular formula is C13H19N. The Balaban J connectivity index is 2.63. The minimum Gasteiger partial charge on any atom is -0.307 e. The molecule has 1 heteroatoms. The first-order valence-corrected chi connectivity index (χ1v) is 5.05. The minimum absolute atomic E-state index is 0.371. The van der Waals surface area contributed by atoms with Gasteiger partial charge in [-0.3, -0.25) is 0 Å². The van der Waals surface area contributed by atoms with Crippen molar-refractivity contribution >= 4 is 0 Å². The maximum absolute atomic E-state index is 3.75. The fourth-order valence-electron chi connectivity index (χ4n) is 1.40. The van der Waals surface area contributed by atoms with Gasteiger partial charge in [-0.05, 0) is 31.9 Å². The fraction of sp³-hybridized carbons (Fsp3) is 0.385. The van der Waals surface area contributed by atoms with E-state index in [1.54, 1.807) is 0 Å². The van der Waals surface area contributed by atoms with Gasteiger partial charge in [0, 0.05) is 12.6 Å². The summed E-state index contributed by atoms with van der Waals surface area (Å²) in [4.78, 5) is 0. The minimum atomic E-state index is 0.371. The molecule has 0 aliphatic heterocycles. The van der Waals surface area contributed by atoms with Gasteiger partial charge in [-0.1, -0.05) is 29.8 Å². The Hall–Kier alpha value is -1.08. The quantitative estimate of drug-likeness (QED) is 0.718. The van der Waals surface area contributed by atoms with Gasteiger partial charge >= 0.3 is 0 Å². The van der Waals surface area contributed by atoms with Gasteiger partial charge in [0.1, 0.15) is 0 Å². The summed E-state index contributed by atoms with van der Waals surface area (Å²) in [6, 6.07) is 6.93. The van der Waals surface area contributed by atoms with Crippen LogP contribution in [0, 0.1) is 13.8 Å². The molecule has 1 unspecified atom stereocenters. The third-order valence-electron chi connectivity index (χ3n) is 2.47. The molecule has 0 aliphatic rings. The highest BCUT2D eigenvalue weighted by Gasteiger charge is 1.99. The molecule has 1 atom stereocenters. The summed E-state index contributed by atoms with van der Waals surface area (Å²) in [5, 5.41) is 3.39. The Labute approximate surface area is 86.8 Å². The van der Waals surface area contributed by atoms with Crippen LogP contribution in [0.5, 0.6) is 0 Å². The van der Waals surface area contributed by atoms with E-state index in [9.17, 15) is 0 Å². The van der Waals surface area contributed by atoms with Gasteiger partial charge in [0.2, 0.25) is 0 Å². The van der Waals surface area contributed by atoms with Crippen LogP contribution in [0.25, 0.3) is 0 Å². The van der Waals surface area contributed by atoms with Crippen molar-refractivity contribution in [3.05, 3.63) is 47.5 Å². The zero-order chi connectivity index (χ0) is 10.6. The molecule has 1 rings (SSSR count). The number of benzene rings is 1. The van der Waals surface area contributed by atoms with E-state index < -0.39 is 0 Å². The van der Waals surface area contributed by atoms with E-state index in [1.807, 2.05) is 6.08 Å². The number of rotatable bonds is 4. The first kappa shape index (κ1) is 11.0. The first-order valence-electron chi connectivity index (χ1n) is 5.05. The van der Waals surface area contributed by atoms with E-state index >= 15 is 0 Å². The smallest absolute Gasteiger partial charge is 0.0222 e. The van der Waals surface area contributed by atoms with Crippen molar-refractivity contribution in [2.24, 2.45) is 0 Å². The molecule has 0 aromatic heterocycles. The highest BCUT2D eigenvalue weighted by atomic mass is 14.9. The van der Waals surface area contributed by atoms with Gasteiger partial charge in [-0.25, -0.2) is 0 Å². The van der Waals surface area contributed by atoms with Crippen LogP contribution >= 0.6 is 0 Å². The summed E-state index contributed by atoms with van der Waals surface area (Å²) < 4.78 is 0. The molecule has 0 saturated carbocycles. The van der Waals surface area contributed by atoms with E-state index in [0.29, 0.717) is 6.04 Å². The van der Waals surface area contributed by atoms with Gasteiger partial charge in [-0.15, -0.1) is 6.58 Å². The predicted molar refractivity (Wildman–Crippen MR) is 62.4 cm³/mol. The van der Waals surface area contributed by atoms with Crippen molar-refractivity contribution in [3.63, 3.8) is 0 Å². The molecule has 1 aromatic rings. The Morgan fingerprint density at radius 2 is 2.14 bits per heavy atom. The maximum atomic E-state index is 3.75. The Morgan fingerprint density at radius 1 is 1.43 bits per heavy atom. The number of hydrogen-bond acceptors (Lipinski definition) is 1. The Kier molecular flexibility index (Phi) is 3.90. The second-order valence-corrected chi connectivity index (χ2v) is 3.84. The standard InChI is InChI=1S/C13H19N/c1-5-12(4)14-9-13-7-6-10(2)8-11(13)3/h5-8,12,14H,1,9H2,2-4H3. The molecule has 0 bridgehead atoms. The molecular weight excluding hydrogens is 170 g/mol. The largest absolute Gasteiger partial charge is 0.307 e. The van der Waals surface area contributed by atoms with Crippen LogP contribution in [0.15, 0.2) is 30.9 Å². The molecule has 0 radical (unpaired) electrons. The maximum Gasteiger partial charge on any atom is 0.0222 e. The van der Waals surface area contributed by atoms with Gasteiger partial charge in [0.25, 0.3) is 0 Å². The molecule has 1 aromatic carbocycles. The summed E-state index contributed by atoms with van der Waals surface area (Å²) in [5.74, 6) is 0. The Bertz CT molecular complexity index is 315. The second-order valence-electron chi connectivity index (χ2n) is 3.84. The van der Waals surface area contributed by atoms with Crippen molar-refractivity contribution in [1.82, 2.24) is 5.32 Å². The van der Waals surface area contributed by atoms with Gasteiger partial charge in [0.05, 0.1) is 0 Å². The van der Waals surface area contributed by atoms with Crippen LogP contribution in [0.2, 0.25) is 0 Å². The second kappa shape index (κ2) is 4.97. The molecule has 0 amide bonds. The normalized spacial score (nSPS) is 12.5. The van der Waals surface area contributed by atoms with Crippen LogP contribution in [-0.2, 0) is 6.54 Å². The highest BCUT2D eigenvalue weighted by Crippen LogP contribution is 2.10. The third kappa shape index (κ3) is 3.00. The molecule has 0 spiro atoms. The number of nitrogens with one attached hydrogen (secondary N) is 1. The molecule has 0 saturated heterocycles. The lowest BCUT2D eigenvalue weighted by Crippen LogP contribution is -2.23. The van der Waals surface area contributed by atoms with Gasteiger partial charge in [-0.2, -0.15) is 0 Å². The Morgan fingerprint density at radius 3 is 2.71 bits per heavy atom. The zero-order valence-electron chi connectivity index (χ0n) is 9.30. The summed E-state index contributed by atoms with van der Waals surface area (Å²) in [5.41, 5.74) is 4.04. The lowest BCUT2D eigenvalue weighted by Gasteiger charge is -2.11. The molecule has 1 nitrogen and oxygen atoms in total. The molecule has 14 heavy (non-hydrogen) atoms. The molecule has 76 valence electrons. The molecule has 0 heterocycles. The first-order chi connectivity index (χ1) is 6.63. The molecule has 1 N–H and O–H groups in total. The van der Waals surface area contributed by atoms with Gasteiger partial charge < -0.3 is 5.32 Å². The van der Waals surface area contributed by atoms with E-state index in [4.69, 9.17) is 0 Å². The van der Waals surface area contributed by atoms with Crippen molar-refractivity contribution in [2.75, 3.05) is 0 Å². The van der Waals surface area contributed by atoms with E-state index in [0.717, 1.165) is 6.54 Å². The lowest BCUT2D eigenvalue weighted by atomic mass is 10.1. The highest BCUT2D eigenvalue weighted by molar-refractivity contribution is 5.30. The average molecular weight is 189 g/mol. The summed E-state index contributed by atoms with van der Waals surface area (Å²) >= 11 is 0. The van der Waals surface area contributed by atoms with Crippen molar-refractivity contribution in [2.45, 2.75) is 33.4 Å². The summed E-state index contributed by atoms with van der Waals surface area (Å²) in [6.45, 7) is 11.0. The van der Waals surface area contributed by atoms with Crippen LogP contribution in [0.3, 0.4) is 0 Å². The van der Waals surface area contributed by atoms with E-state index in [1.165, 1.54) is 16.7 Å². The summed E-state index contributed by atoms with van der Waals surface area (Å²) in [7, 11) is 0. The third-order valence-corrected chi connectivity index (χ3v) is 2.47. The van der Waals surface area contributed by atoms with Crippen LogP contribution in [0.4, 0.5) is 0 Å². The monoisotopic (exact) mass is 189 g/mol. The van der Waals surface area contributed by atoms with Crippen LogP contribution in [-0.4, -0.2) is 6.04 Å². The predicted octanol–water partition coefficient (Wildman–Crippen LogP) is 2.97.